The maximum Gasteiger partial charge on any atom is 0.573 e. The van der Waals surface area contributed by atoms with E-state index in [4.69, 9.17) is 5.73 Å². The molecule has 0 saturated carbocycles. The molecule has 0 fully saturated rings. The molecule has 0 amide bonds. The molecule has 3 N–H and O–H groups in total. The highest BCUT2D eigenvalue weighted by atomic mass is 32.2. The number of nitrogens with zero attached hydrogens (tertiary/aromatic N) is 2. The molecule has 2 rings (SSSR count). The van der Waals surface area contributed by atoms with Crippen molar-refractivity contribution in [3.8, 4) is 5.75 Å². The van der Waals surface area contributed by atoms with Crippen LogP contribution in [0.5, 0.6) is 5.75 Å². The average Bonchev–Trinajstić information content (AvgIpc) is 2.66. The normalized spacial score (nSPS) is 13.0. The molecule has 0 unspecified atom stereocenters. The number of nitrogens with one attached hydrogen (secondary N) is 1. The summed E-state index contributed by atoms with van der Waals surface area (Å²) in [6, 6.07) is 11.2. The second kappa shape index (κ2) is 9.35. The molecule has 2 aromatic carbocycles. The van der Waals surface area contributed by atoms with Crippen LogP contribution in [0.3, 0.4) is 0 Å². The van der Waals surface area contributed by atoms with Gasteiger partial charge in [-0.1, -0.05) is 12.1 Å². The van der Waals surface area contributed by atoms with E-state index in [0.29, 0.717) is 5.69 Å². The monoisotopic (exact) mass is 444 g/mol. The van der Waals surface area contributed by atoms with E-state index in [1.54, 1.807) is 26.0 Å². The molecule has 0 radical (unpaired) electrons. The van der Waals surface area contributed by atoms with Gasteiger partial charge in [-0.15, -0.1) is 13.2 Å². The van der Waals surface area contributed by atoms with Gasteiger partial charge in [-0.2, -0.15) is 4.31 Å². The Morgan fingerprint density at radius 1 is 1.13 bits per heavy atom. The Bertz CT molecular complexity index is 974. The van der Waals surface area contributed by atoms with Gasteiger partial charge >= 0.3 is 6.36 Å². The molecule has 0 aliphatic carbocycles. The number of benzene rings is 2. The lowest BCUT2D eigenvalue weighted by Crippen LogP contribution is -2.33. The first kappa shape index (κ1) is 23.5. The number of aliphatic imine (C=N–C) groups is 1. The summed E-state index contributed by atoms with van der Waals surface area (Å²) in [5.74, 6) is -0.294. The number of guanidine groups is 1. The molecule has 0 spiro atoms. The fourth-order valence-electron chi connectivity index (χ4n) is 2.31. The molecule has 11 heteroatoms. The maximum absolute atomic E-state index is 12.5. The first-order valence-electron chi connectivity index (χ1n) is 8.88. The third kappa shape index (κ3) is 6.63. The molecular weight excluding hydrogens is 421 g/mol. The zero-order valence-electron chi connectivity index (χ0n) is 16.6. The highest BCUT2D eigenvalue weighted by molar-refractivity contribution is 7.89. The van der Waals surface area contributed by atoms with Gasteiger partial charge in [-0.3, -0.25) is 0 Å². The highest BCUT2D eigenvalue weighted by Crippen LogP contribution is 2.24. The van der Waals surface area contributed by atoms with Crippen molar-refractivity contribution in [3.05, 3.63) is 54.1 Å². The average molecular weight is 444 g/mol. The van der Waals surface area contributed by atoms with Gasteiger partial charge in [-0.05, 0) is 55.8 Å². The molecule has 2 aromatic rings. The number of hydrogen-bond donors (Lipinski definition) is 2. The summed E-state index contributed by atoms with van der Waals surface area (Å²) in [6.07, 6.45) is -4.76. The minimum absolute atomic E-state index is 0.0516. The number of halogens is 3. The van der Waals surface area contributed by atoms with E-state index in [9.17, 15) is 21.6 Å². The Kier molecular flexibility index (Phi) is 7.32. The van der Waals surface area contributed by atoms with Crippen molar-refractivity contribution >= 4 is 21.7 Å². The van der Waals surface area contributed by atoms with Crippen LogP contribution >= 0.6 is 0 Å². The Labute approximate surface area is 173 Å². The highest BCUT2D eigenvalue weighted by Gasteiger charge is 2.31. The SMILES string of the molecule is CC(C)N(C)S(=O)(=O)c1ccc(CN=C(N)Nc2ccc(OC(F)(F)F)cc2)cc1. The first-order valence-corrected chi connectivity index (χ1v) is 10.3. The standard InChI is InChI=1S/C19H23F3N4O3S/c1-13(2)26(3)30(27,28)17-10-4-14(5-11-17)12-24-18(23)25-15-6-8-16(9-7-15)29-19(20,21)22/h4-11,13H,12H2,1-3H3,(H3,23,24,25). The van der Waals surface area contributed by atoms with Crippen LogP contribution in [0, 0.1) is 0 Å². The quantitative estimate of drug-likeness (QED) is 0.503. The number of ether oxygens (including phenoxy) is 1. The summed E-state index contributed by atoms with van der Waals surface area (Å²) < 4.78 is 66.5. The fraction of sp³-hybridized carbons (Fsp3) is 0.316. The summed E-state index contributed by atoms with van der Waals surface area (Å²) in [6.45, 7) is 3.76. The lowest BCUT2D eigenvalue weighted by molar-refractivity contribution is -0.274. The van der Waals surface area contributed by atoms with Gasteiger partial charge in [0.05, 0.1) is 11.4 Å². The molecule has 30 heavy (non-hydrogen) atoms. The molecule has 0 aliphatic rings. The number of nitrogens with two attached hydrogens (primary N) is 1. The van der Waals surface area contributed by atoms with E-state index in [1.807, 2.05) is 0 Å². The molecule has 0 atom stereocenters. The molecule has 164 valence electrons. The van der Waals surface area contributed by atoms with E-state index in [2.05, 4.69) is 15.0 Å². The van der Waals surface area contributed by atoms with Gasteiger partial charge in [0.25, 0.3) is 0 Å². The zero-order chi connectivity index (χ0) is 22.5. The van der Waals surface area contributed by atoms with E-state index in [0.717, 1.165) is 17.7 Å². The van der Waals surface area contributed by atoms with Crippen molar-refractivity contribution in [1.29, 1.82) is 0 Å². The Morgan fingerprint density at radius 3 is 2.20 bits per heavy atom. The minimum Gasteiger partial charge on any atom is -0.406 e. The zero-order valence-corrected chi connectivity index (χ0v) is 17.5. The molecule has 0 heterocycles. The van der Waals surface area contributed by atoms with Gasteiger partial charge in [0.2, 0.25) is 10.0 Å². The van der Waals surface area contributed by atoms with Gasteiger partial charge < -0.3 is 15.8 Å². The number of rotatable bonds is 7. The van der Waals surface area contributed by atoms with Crippen LogP contribution in [0.2, 0.25) is 0 Å². The van der Waals surface area contributed by atoms with Crippen LogP contribution < -0.4 is 15.8 Å². The van der Waals surface area contributed by atoms with Crippen LogP contribution in [0.15, 0.2) is 58.4 Å². The van der Waals surface area contributed by atoms with E-state index in [1.165, 1.54) is 35.6 Å². The van der Waals surface area contributed by atoms with Crippen LogP contribution in [0.1, 0.15) is 19.4 Å². The third-order valence-electron chi connectivity index (χ3n) is 4.12. The minimum atomic E-state index is -4.76. The van der Waals surface area contributed by atoms with Gasteiger partial charge in [0.15, 0.2) is 5.96 Å². The second-order valence-electron chi connectivity index (χ2n) is 6.66. The van der Waals surface area contributed by atoms with Crippen LogP contribution in [-0.2, 0) is 16.6 Å². The number of anilines is 1. The molecule has 0 aromatic heterocycles. The predicted molar refractivity (Wildman–Crippen MR) is 109 cm³/mol. The largest absolute Gasteiger partial charge is 0.573 e. The Hall–Kier alpha value is -2.79. The van der Waals surface area contributed by atoms with E-state index in [-0.39, 0.29) is 29.2 Å². The first-order chi connectivity index (χ1) is 13.9. The topological polar surface area (TPSA) is 97.0 Å². The van der Waals surface area contributed by atoms with Gasteiger partial charge in [-0.25, -0.2) is 13.4 Å². The molecule has 0 saturated heterocycles. The Morgan fingerprint density at radius 2 is 1.70 bits per heavy atom. The van der Waals surface area contributed by atoms with Gasteiger partial charge in [0.1, 0.15) is 5.75 Å². The molecule has 7 nitrogen and oxygen atoms in total. The van der Waals surface area contributed by atoms with Crippen LogP contribution in [0.4, 0.5) is 18.9 Å². The number of hydrogen-bond acceptors (Lipinski definition) is 4. The Balaban J connectivity index is 1.99. The van der Waals surface area contributed by atoms with Crippen molar-refractivity contribution in [2.75, 3.05) is 12.4 Å². The number of sulfonamides is 1. The van der Waals surface area contributed by atoms with Crippen molar-refractivity contribution in [1.82, 2.24) is 4.31 Å². The number of alkyl halides is 3. The third-order valence-corrected chi connectivity index (χ3v) is 6.17. The fourth-order valence-corrected chi connectivity index (χ4v) is 3.68. The summed E-state index contributed by atoms with van der Waals surface area (Å²) in [4.78, 5) is 4.32. The molecular formula is C19H23F3N4O3S. The smallest absolute Gasteiger partial charge is 0.406 e. The van der Waals surface area contributed by atoms with Crippen molar-refractivity contribution in [3.63, 3.8) is 0 Å². The lowest BCUT2D eigenvalue weighted by atomic mass is 10.2. The summed E-state index contributed by atoms with van der Waals surface area (Å²) in [5.41, 5.74) is 6.96. The van der Waals surface area contributed by atoms with Crippen molar-refractivity contribution in [2.24, 2.45) is 10.7 Å². The van der Waals surface area contributed by atoms with E-state index < -0.39 is 16.4 Å². The molecule has 0 bridgehead atoms. The summed E-state index contributed by atoms with van der Waals surface area (Å²) in [7, 11) is -2.04. The van der Waals surface area contributed by atoms with E-state index >= 15 is 0 Å². The van der Waals surface area contributed by atoms with Gasteiger partial charge in [0, 0.05) is 18.8 Å². The second-order valence-corrected chi connectivity index (χ2v) is 8.66. The summed E-state index contributed by atoms with van der Waals surface area (Å²) >= 11 is 0. The lowest BCUT2D eigenvalue weighted by Gasteiger charge is -2.21. The molecule has 0 aliphatic heterocycles. The maximum atomic E-state index is 12.5. The van der Waals surface area contributed by atoms with Crippen molar-refractivity contribution < 1.29 is 26.3 Å². The van der Waals surface area contributed by atoms with Crippen LogP contribution in [0.25, 0.3) is 0 Å². The van der Waals surface area contributed by atoms with Crippen molar-refractivity contribution in [2.45, 2.75) is 37.7 Å². The predicted octanol–water partition coefficient (Wildman–Crippen LogP) is 3.54. The summed E-state index contributed by atoms with van der Waals surface area (Å²) in [5, 5.41) is 2.75. The van der Waals surface area contributed by atoms with Crippen LogP contribution in [-0.4, -0.2) is 38.1 Å².